The molecule has 5 nitrogen and oxygen atoms in total. The van der Waals surface area contributed by atoms with Gasteiger partial charge in [-0.05, 0) is 36.7 Å². The van der Waals surface area contributed by atoms with E-state index >= 15 is 0 Å². The number of ether oxygens (including phenoxy) is 1. The lowest BCUT2D eigenvalue weighted by molar-refractivity contribution is 0.357. The highest BCUT2D eigenvalue weighted by atomic mass is 16.5. The van der Waals surface area contributed by atoms with E-state index < -0.39 is 0 Å². The van der Waals surface area contributed by atoms with Crippen LogP contribution in [0.2, 0.25) is 0 Å². The van der Waals surface area contributed by atoms with Gasteiger partial charge in [0.2, 0.25) is 0 Å². The van der Waals surface area contributed by atoms with Crippen molar-refractivity contribution in [2.24, 2.45) is 5.73 Å². The normalized spacial score (nSPS) is 13.4. The van der Waals surface area contributed by atoms with Crippen LogP contribution in [0.15, 0.2) is 23.0 Å². The fourth-order valence-corrected chi connectivity index (χ4v) is 2.36. The fourth-order valence-electron chi connectivity index (χ4n) is 2.36. The predicted molar refractivity (Wildman–Crippen MR) is 68.8 cm³/mol. The van der Waals surface area contributed by atoms with Crippen LogP contribution in [0.25, 0.3) is 11.3 Å². The third-order valence-electron chi connectivity index (χ3n) is 3.25. The second-order valence-corrected chi connectivity index (χ2v) is 4.39. The Hall–Kier alpha value is -2.01. The number of nitrogens with two attached hydrogens (primary N) is 1. The van der Waals surface area contributed by atoms with Crippen LogP contribution in [0, 0.1) is 0 Å². The molecular weight excluding hydrogens is 230 g/mol. The van der Waals surface area contributed by atoms with Gasteiger partial charge in [0, 0.05) is 17.5 Å². The summed E-state index contributed by atoms with van der Waals surface area (Å²) in [5, 5.41) is 5.55. The molecule has 0 saturated heterocycles. The summed E-state index contributed by atoms with van der Waals surface area (Å²) in [7, 11) is 0. The summed E-state index contributed by atoms with van der Waals surface area (Å²) in [6.07, 6.45) is 1.49. The number of aromatic amines is 2. The van der Waals surface area contributed by atoms with Gasteiger partial charge in [-0.3, -0.25) is 15.0 Å². The topological polar surface area (TPSA) is 83.9 Å². The smallest absolute Gasteiger partial charge is 0.267 e. The average Bonchev–Trinajstić information content (AvgIpc) is 2.97. The molecule has 0 bridgehead atoms. The monoisotopic (exact) mass is 245 g/mol. The lowest BCUT2D eigenvalue weighted by Crippen LogP contribution is -2.12. The molecule has 2 aromatic rings. The summed E-state index contributed by atoms with van der Waals surface area (Å²) in [4.78, 5) is 11.7. The van der Waals surface area contributed by atoms with Gasteiger partial charge in [-0.15, -0.1) is 0 Å². The van der Waals surface area contributed by atoms with Gasteiger partial charge in [-0.25, -0.2) is 0 Å². The van der Waals surface area contributed by atoms with Crippen LogP contribution < -0.4 is 16.0 Å². The Morgan fingerprint density at radius 1 is 1.33 bits per heavy atom. The number of benzene rings is 1. The largest absolute Gasteiger partial charge is 0.493 e. The standard InChI is InChI=1S/C13H15N3O2/c14-5-3-10-12(15-16-13(10)17)9-1-2-11-8(7-9)4-6-18-11/h1-2,7H,3-6,14H2,(H2,15,16,17). The average molecular weight is 245 g/mol. The van der Waals surface area contributed by atoms with Crippen LogP contribution in [0.5, 0.6) is 5.75 Å². The molecule has 1 aromatic carbocycles. The number of rotatable bonds is 3. The molecule has 5 heteroatoms. The molecule has 0 unspecified atom stereocenters. The van der Waals surface area contributed by atoms with Gasteiger partial charge in [0.1, 0.15) is 5.75 Å². The highest BCUT2D eigenvalue weighted by molar-refractivity contribution is 5.65. The van der Waals surface area contributed by atoms with Crippen LogP contribution >= 0.6 is 0 Å². The molecule has 1 aliphatic heterocycles. The van der Waals surface area contributed by atoms with Crippen LogP contribution in [-0.2, 0) is 12.8 Å². The molecule has 18 heavy (non-hydrogen) atoms. The van der Waals surface area contributed by atoms with Gasteiger partial charge in [-0.2, -0.15) is 0 Å². The van der Waals surface area contributed by atoms with E-state index in [1.807, 2.05) is 12.1 Å². The summed E-state index contributed by atoms with van der Waals surface area (Å²) < 4.78 is 5.47. The maximum Gasteiger partial charge on any atom is 0.267 e. The maximum atomic E-state index is 11.7. The molecule has 1 aromatic heterocycles. The quantitative estimate of drug-likeness (QED) is 0.748. The Labute approximate surface area is 104 Å². The Balaban J connectivity index is 2.07. The first-order chi connectivity index (χ1) is 8.79. The molecule has 0 aliphatic carbocycles. The lowest BCUT2D eigenvalue weighted by atomic mass is 10.0. The van der Waals surface area contributed by atoms with Crippen molar-refractivity contribution in [1.29, 1.82) is 0 Å². The van der Waals surface area contributed by atoms with Gasteiger partial charge < -0.3 is 10.5 Å². The number of hydrogen-bond donors (Lipinski definition) is 3. The SMILES string of the molecule is NCCc1c(-c2ccc3c(c2)CCO3)[nH][nH]c1=O. The third-order valence-corrected chi connectivity index (χ3v) is 3.25. The van der Waals surface area contributed by atoms with Gasteiger partial charge >= 0.3 is 0 Å². The van der Waals surface area contributed by atoms with Gasteiger partial charge in [0.25, 0.3) is 5.56 Å². The molecule has 0 spiro atoms. The zero-order valence-electron chi connectivity index (χ0n) is 9.95. The van der Waals surface area contributed by atoms with Crippen LogP contribution in [-0.4, -0.2) is 23.3 Å². The van der Waals surface area contributed by atoms with Crippen LogP contribution in [0.4, 0.5) is 0 Å². The summed E-state index contributed by atoms with van der Waals surface area (Å²) in [6, 6.07) is 5.99. The minimum atomic E-state index is -0.0906. The summed E-state index contributed by atoms with van der Waals surface area (Å²) in [5.74, 6) is 0.942. The van der Waals surface area contributed by atoms with E-state index in [0.717, 1.165) is 35.6 Å². The number of nitrogens with one attached hydrogen (secondary N) is 2. The number of fused-ring (bicyclic) bond motifs is 1. The Morgan fingerprint density at radius 3 is 3.06 bits per heavy atom. The van der Waals surface area contributed by atoms with Gasteiger partial charge in [-0.1, -0.05) is 0 Å². The maximum absolute atomic E-state index is 11.7. The first-order valence-electron chi connectivity index (χ1n) is 6.05. The highest BCUT2D eigenvalue weighted by Crippen LogP contribution is 2.30. The van der Waals surface area contributed by atoms with E-state index in [2.05, 4.69) is 16.3 Å². The molecule has 0 fully saturated rings. The minimum absolute atomic E-state index is 0.0906. The van der Waals surface area contributed by atoms with E-state index in [0.29, 0.717) is 13.0 Å². The van der Waals surface area contributed by atoms with Gasteiger partial charge in [0.15, 0.2) is 0 Å². The van der Waals surface area contributed by atoms with E-state index in [-0.39, 0.29) is 5.56 Å². The zero-order valence-corrected chi connectivity index (χ0v) is 9.95. The summed E-state index contributed by atoms with van der Waals surface area (Å²) in [6.45, 7) is 1.19. The molecule has 0 amide bonds. The first-order valence-corrected chi connectivity index (χ1v) is 6.05. The molecule has 4 N–H and O–H groups in total. The fraction of sp³-hybridized carbons (Fsp3) is 0.308. The predicted octanol–water partition coefficient (Wildman–Crippen LogP) is 0.806. The van der Waals surface area contributed by atoms with Crippen LogP contribution in [0.3, 0.4) is 0 Å². The second-order valence-electron chi connectivity index (χ2n) is 4.39. The Morgan fingerprint density at radius 2 is 2.22 bits per heavy atom. The number of H-pyrrole nitrogens is 2. The van der Waals surface area contributed by atoms with Crippen molar-refractivity contribution in [3.05, 3.63) is 39.7 Å². The van der Waals surface area contributed by atoms with Crippen molar-refractivity contribution < 1.29 is 4.74 Å². The molecule has 0 radical (unpaired) electrons. The molecular formula is C13H15N3O2. The highest BCUT2D eigenvalue weighted by Gasteiger charge is 2.16. The van der Waals surface area contributed by atoms with Crippen molar-refractivity contribution >= 4 is 0 Å². The van der Waals surface area contributed by atoms with E-state index in [9.17, 15) is 4.79 Å². The lowest BCUT2D eigenvalue weighted by Gasteiger charge is -2.04. The molecule has 2 heterocycles. The molecule has 94 valence electrons. The minimum Gasteiger partial charge on any atom is -0.493 e. The number of aromatic nitrogens is 2. The van der Waals surface area contributed by atoms with Crippen LogP contribution in [0.1, 0.15) is 11.1 Å². The zero-order chi connectivity index (χ0) is 12.5. The van der Waals surface area contributed by atoms with Crippen molar-refractivity contribution in [2.75, 3.05) is 13.2 Å². The van der Waals surface area contributed by atoms with Crippen molar-refractivity contribution in [3.63, 3.8) is 0 Å². The van der Waals surface area contributed by atoms with Crippen molar-refractivity contribution in [3.8, 4) is 17.0 Å². The number of hydrogen-bond acceptors (Lipinski definition) is 3. The second kappa shape index (κ2) is 4.34. The van der Waals surface area contributed by atoms with E-state index in [1.54, 1.807) is 0 Å². The summed E-state index contributed by atoms with van der Waals surface area (Å²) in [5.41, 5.74) is 9.19. The van der Waals surface area contributed by atoms with Crippen molar-refractivity contribution in [1.82, 2.24) is 10.2 Å². The van der Waals surface area contributed by atoms with Gasteiger partial charge in [0.05, 0.1) is 12.3 Å². The molecule has 0 atom stereocenters. The Bertz CT molecular complexity index is 627. The van der Waals surface area contributed by atoms with E-state index in [1.165, 1.54) is 5.56 Å². The molecule has 0 saturated carbocycles. The third kappa shape index (κ3) is 1.73. The van der Waals surface area contributed by atoms with E-state index in [4.69, 9.17) is 10.5 Å². The first kappa shape index (κ1) is 11.1. The molecule has 1 aliphatic rings. The van der Waals surface area contributed by atoms with Crippen molar-refractivity contribution in [2.45, 2.75) is 12.8 Å². The molecule has 3 rings (SSSR count). The Kier molecular flexibility index (Phi) is 2.68. The summed E-state index contributed by atoms with van der Waals surface area (Å²) >= 11 is 0.